The van der Waals surface area contributed by atoms with Gasteiger partial charge in [-0.15, -0.1) is 0 Å². The van der Waals surface area contributed by atoms with Crippen LogP contribution in [0.25, 0.3) is 0 Å². The van der Waals surface area contributed by atoms with E-state index in [1.54, 1.807) is 0 Å². The fourth-order valence-corrected chi connectivity index (χ4v) is 3.33. The van der Waals surface area contributed by atoms with Crippen molar-refractivity contribution < 1.29 is 58.3 Å². The van der Waals surface area contributed by atoms with E-state index in [-0.39, 0.29) is 0 Å². The topological polar surface area (TPSA) is 0 Å². The van der Waals surface area contributed by atoms with E-state index in [4.69, 9.17) is 0 Å². The van der Waals surface area contributed by atoms with E-state index in [0.717, 1.165) is 0 Å². The molecule has 0 bridgehead atoms. The van der Waals surface area contributed by atoms with Crippen LogP contribution >= 0.6 is 30.7 Å². The molecule has 1 aromatic rings. The highest BCUT2D eigenvalue weighted by Crippen LogP contribution is 3.07. The molecule has 0 N–H and O–H groups in total. The first-order valence-electron chi connectivity index (χ1n) is 4.58. The van der Waals surface area contributed by atoms with Crippen LogP contribution in [0.2, 0.25) is 0 Å². The van der Waals surface area contributed by atoms with Gasteiger partial charge < -0.3 is 0 Å². The molecule has 0 aliphatic heterocycles. The normalized spacial score (nSPS) is 23.1. The summed E-state index contributed by atoms with van der Waals surface area (Å²) in [6.45, 7) is 0. The highest BCUT2D eigenvalue weighted by atomic mass is 32.5. The molecule has 0 fully saturated rings. The summed E-state index contributed by atoms with van der Waals surface area (Å²) in [6, 6.07) is -4.80. The lowest BCUT2D eigenvalue weighted by Gasteiger charge is -2.46. The van der Waals surface area contributed by atoms with Gasteiger partial charge in [-0.3, -0.25) is 0 Å². The fraction of sp³-hybridized carbons (Fsp3) is 0. The van der Waals surface area contributed by atoms with Crippen LogP contribution in [-0.4, -0.2) is 0 Å². The molecule has 0 atom stereocenters. The monoisotopic (exact) mass is 455 g/mol. The zero-order valence-corrected chi connectivity index (χ0v) is 12.5. The van der Waals surface area contributed by atoms with Gasteiger partial charge in [0.25, 0.3) is 0 Å². The lowest BCUT2D eigenvalue weighted by atomic mass is 10.4. The third-order valence-corrected chi connectivity index (χ3v) is 5.30. The lowest BCUT2D eigenvalue weighted by molar-refractivity contribution is 0.355. The Kier molecular flexibility index (Phi) is 2.80. The van der Waals surface area contributed by atoms with Gasteiger partial charge in [0.2, 0.25) is 0 Å². The molecule has 1 aromatic carbocycles. The van der Waals surface area contributed by atoms with Gasteiger partial charge in [-0.25, -0.2) is 0 Å². The third kappa shape index (κ3) is 5.11. The van der Waals surface area contributed by atoms with Crippen LogP contribution < -0.4 is 0 Å². The summed E-state index contributed by atoms with van der Waals surface area (Å²) in [4.78, 5) is -12.8. The van der Waals surface area contributed by atoms with Gasteiger partial charge in [0.15, 0.2) is 0 Å². The summed E-state index contributed by atoms with van der Waals surface area (Å²) < 4.78 is 185. The van der Waals surface area contributed by atoms with Crippen molar-refractivity contribution in [3.8, 4) is 0 Å². The van der Waals surface area contributed by atoms with Crippen molar-refractivity contribution in [3.05, 3.63) is 18.2 Å². The molecule has 0 saturated carbocycles. The zero-order valence-electron chi connectivity index (χ0n) is 10.0. The quantitative estimate of drug-likeness (QED) is 0.398. The van der Waals surface area contributed by atoms with Crippen molar-refractivity contribution in [2.24, 2.45) is 0 Å². The summed E-state index contributed by atoms with van der Waals surface area (Å²) >= 11 is 0. The molecule has 0 amide bonds. The van der Waals surface area contributed by atoms with Crippen LogP contribution in [-0.2, 0) is 0 Å². The van der Waals surface area contributed by atoms with Crippen molar-refractivity contribution in [2.75, 3.05) is 0 Å². The molecule has 1 radical (unpaired) electrons. The van der Waals surface area contributed by atoms with Crippen LogP contribution in [0, 0.1) is 6.07 Å². The molecule has 0 nitrogen and oxygen atoms in total. The maximum Gasteiger partial charge on any atom is 0.311 e. The van der Waals surface area contributed by atoms with E-state index in [9.17, 15) is 58.3 Å². The number of rotatable bonds is 3. The van der Waals surface area contributed by atoms with Gasteiger partial charge in [-0.05, 0) is 12.1 Å². The zero-order chi connectivity index (χ0) is 20.1. The van der Waals surface area contributed by atoms with Crippen molar-refractivity contribution in [3.63, 3.8) is 0 Å². The van der Waals surface area contributed by atoms with Crippen LogP contribution in [0.15, 0.2) is 26.8 Å². The summed E-state index contributed by atoms with van der Waals surface area (Å²) in [5.41, 5.74) is 0. The molecule has 0 spiro atoms. The highest BCUT2D eigenvalue weighted by molar-refractivity contribution is 8.47. The molecular weight excluding hydrogens is 453 g/mol. The molecule has 0 saturated heterocycles. The first-order chi connectivity index (χ1) is 9.28. The van der Waals surface area contributed by atoms with Crippen LogP contribution in [0.5, 0.6) is 0 Å². The minimum atomic E-state index is -11.5. The molecule has 0 aliphatic rings. The first kappa shape index (κ1) is 21.3. The molecule has 0 unspecified atom stereocenters. The Morgan fingerprint density at radius 1 is 0.458 bits per heavy atom. The second-order valence-corrected chi connectivity index (χ2v) is 11.6. The predicted molar refractivity (Wildman–Crippen MR) is 59.5 cm³/mol. The van der Waals surface area contributed by atoms with E-state index in [1.807, 2.05) is 0 Å². The van der Waals surface area contributed by atoms with E-state index in [0.29, 0.717) is 0 Å². The molecule has 18 heteroatoms. The third-order valence-electron chi connectivity index (χ3n) is 2.07. The Balaban J connectivity index is 4.19. The molecule has 0 heterocycles. The predicted octanol–water partition coefficient (Wildman–Crippen LogP) is 9.46. The van der Waals surface area contributed by atoms with Gasteiger partial charge in [0.1, 0.15) is 14.7 Å². The van der Waals surface area contributed by atoms with Crippen LogP contribution in [0.4, 0.5) is 58.3 Å². The van der Waals surface area contributed by atoms with Crippen molar-refractivity contribution in [1.82, 2.24) is 0 Å². The average Bonchev–Trinajstić information content (AvgIpc) is 2.05. The van der Waals surface area contributed by atoms with E-state index >= 15 is 0 Å². The van der Waals surface area contributed by atoms with Gasteiger partial charge >= 0.3 is 30.7 Å². The van der Waals surface area contributed by atoms with Gasteiger partial charge in [-0.1, -0.05) is 58.3 Å². The Morgan fingerprint density at radius 3 is 0.875 bits per heavy atom. The maximum atomic E-state index is 12.4. The van der Waals surface area contributed by atoms with E-state index in [1.165, 1.54) is 0 Å². The molecule has 0 aromatic heterocycles. The summed E-state index contributed by atoms with van der Waals surface area (Å²) in [5, 5.41) is 0. The van der Waals surface area contributed by atoms with Gasteiger partial charge in [0, 0.05) is 6.07 Å². The smallest absolute Gasteiger partial charge is 0.0936 e. The number of hydrogen-bond acceptors (Lipinski definition) is 0. The molecule has 1 rings (SSSR count). The molecule has 149 valence electrons. The Morgan fingerprint density at radius 2 is 0.708 bits per heavy atom. The number of benzene rings is 1. The SMILES string of the molecule is FS(F)(F)(F)(F)c1[c]c(S(F)(F)(F)(F)F)cc(S(F)(F)(F)(F)F)c1. The molecule has 0 aliphatic carbocycles. The summed E-state index contributed by atoms with van der Waals surface area (Å²) in [7, 11) is -34.4. The average molecular weight is 455 g/mol. The van der Waals surface area contributed by atoms with Crippen LogP contribution in [0.3, 0.4) is 0 Å². The second-order valence-electron chi connectivity index (χ2n) is 4.45. The minimum Gasteiger partial charge on any atom is -0.0936 e. The Bertz CT molecular complexity index is 611. The minimum absolute atomic E-state index is 0.626. The fourth-order valence-electron chi connectivity index (χ4n) is 1.13. The molecular formula is C6H2F15S3. The lowest BCUT2D eigenvalue weighted by Crippen LogP contribution is -2.15. The van der Waals surface area contributed by atoms with Gasteiger partial charge in [-0.2, -0.15) is 0 Å². The van der Waals surface area contributed by atoms with Crippen LogP contribution in [0.1, 0.15) is 0 Å². The van der Waals surface area contributed by atoms with Crippen molar-refractivity contribution in [2.45, 2.75) is 14.7 Å². The number of halogens is 15. The Labute approximate surface area is 122 Å². The first-order valence-corrected chi connectivity index (χ1v) is 10.4. The largest absolute Gasteiger partial charge is 0.311 e. The maximum absolute atomic E-state index is 12.4. The molecule has 24 heavy (non-hydrogen) atoms. The summed E-state index contributed by atoms with van der Waals surface area (Å²) in [6.07, 6.45) is 0. The second kappa shape index (κ2) is 3.17. The standard InChI is InChI=1S/C6H2F15S3/c7-22(8,9,10,11)4-1-5(23(12,13,14,15)16)3-6(2-4)24(17,18,19,20)21/h1-2H. The summed E-state index contributed by atoms with van der Waals surface area (Å²) in [5.74, 6) is 0. The number of hydrogen-bond donors (Lipinski definition) is 0. The van der Waals surface area contributed by atoms with E-state index < -0.39 is 63.6 Å². The highest BCUT2D eigenvalue weighted by Gasteiger charge is 2.73. The van der Waals surface area contributed by atoms with Crippen molar-refractivity contribution >= 4 is 30.7 Å². The Hall–Kier alpha value is -0.780. The van der Waals surface area contributed by atoms with E-state index in [2.05, 4.69) is 0 Å². The van der Waals surface area contributed by atoms with Crippen molar-refractivity contribution in [1.29, 1.82) is 0 Å². The van der Waals surface area contributed by atoms with Gasteiger partial charge in [0.05, 0.1) is 0 Å².